The van der Waals surface area contributed by atoms with Crippen LogP contribution in [0.2, 0.25) is 5.02 Å². The Morgan fingerprint density at radius 1 is 1.20 bits per heavy atom. The maximum atomic E-state index is 12.0. The number of carboxylic acids is 1. The van der Waals surface area contributed by atoms with Gasteiger partial charge in [-0.1, -0.05) is 24.4 Å². The first-order valence-corrected chi connectivity index (χ1v) is 7.22. The third-order valence-corrected chi connectivity index (χ3v) is 4.11. The number of halogens is 1. The summed E-state index contributed by atoms with van der Waals surface area (Å²) in [4.78, 5) is 23.2. The van der Waals surface area contributed by atoms with E-state index in [4.69, 9.17) is 11.6 Å². The SMILES string of the molecule is O=C(NC[C@@H]1CCCC[C@@H]1C(=O)O)c1ccc(Cl)cc1. The second-order valence-corrected chi connectivity index (χ2v) is 5.64. The maximum Gasteiger partial charge on any atom is 0.306 e. The van der Waals surface area contributed by atoms with Gasteiger partial charge in [-0.25, -0.2) is 0 Å². The molecule has 0 spiro atoms. The molecule has 4 nitrogen and oxygen atoms in total. The van der Waals surface area contributed by atoms with Gasteiger partial charge in [-0.15, -0.1) is 0 Å². The van der Waals surface area contributed by atoms with Gasteiger partial charge >= 0.3 is 5.97 Å². The van der Waals surface area contributed by atoms with Crippen molar-refractivity contribution < 1.29 is 14.7 Å². The van der Waals surface area contributed by atoms with Crippen LogP contribution in [0.1, 0.15) is 36.0 Å². The van der Waals surface area contributed by atoms with Gasteiger partial charge in [0.25, 0.3) is 5.91 Å². The molecule has 0 aliphatic heterocycles. The van der Waals surface area contributed by atoms with Gasteiger partial charge < -0.3 is 10.4 Å². The van der Waals surface area contributed by atoms with Crippen molar-refractivity contribution in [3.8, 4) is 0 Å². The van der Waals surface area contributed by atoms with Gasteiger partial charge in [0.05, 0.1) is 5.92 Å². The van der Waals surface area contributed by atoms with Gasteiger partial charge in [0.1, 0.15) is 0 Å². The van der Waals surface area contributed by atoms with Crippen molar-refractivity contribution in [1.82, 2.24) is 5.32 Å². The van der Waals surface area contributed by atoms with Crippen LogP contribution in [-0.2, 0) is 4.79 Å². The summed E-state index contributed by atoms with van der Waals surface area (Å²) in [5.74, 6) is -1.25. The van der Waals surface area contributed by atoms with E-state index in [1.165, 1.54) is 0 Å². The average molecular weight is 296 g/mol. The number of hydrogen-bond acceptors (Lipinski definition) is 2. The van der Waals surface area contributed by atoms with Crippen LogP contribution in [0.5, 0.6) is 0 Å². The zero-order valence-electron chi connectivity index (χ0n) is 11.1. The number of aliphatic carboxylic acids is 1. The summed E-state index contributed by atoms with van der Waals surface area (Å²) in [7, 11) is 0. The van der Waals surface area contributed by atoms with E-state index < -0.39 is 5.97 Å². The number of amides is 1. The third kappa shape index (κ3) is 3.73. The van der Waals surface area contributed by atoms with Crippen molar-refractivity contribution in [2.45, 2.75) is 25.7 Å². The van der Waals surface area contributed by atoms with E-state index in [0.717, 1.165) is 19.3 Å². The van der Waals surface area contributed by atoms with E-state index in [0.29, 0.717) is 23.6 Å². The zero-order chi connectivity index (χ0) is 14.5. The van der Waals surface area contributed by atoms with E-state index in [2.05, 4.69) is 5.32 Å². The molecular formula is C15H18ClNO3. The second-order valence-electron chi connectivity index (χ2n) is 5.21. The molecule has 2 rings (SSSR count). The number of nitrogens with one attached hydrogen (secondary N) is 1. The van der Waals surface area contributed by atoms with E-state index in [1.807, 2.05) is 0 Å². The highest BCUT2D eigenvalue weighted by atomic mass is 35.5. The van der Waals surface area contributed by atoms with Gasteiger partial charge in [0.2, 0.25) is 0 Å². The fourth-order valence-electron chi connectivity index (χ4n) is 2.70. The largest absolute Gasteiger partial charge is 0.481 e. The molecule has 1 saturated carbocycles. The Bertz CT molecular complexity index is 486. The van der Waals surface area contributed by atoms with Crippen molar-refractivity contribution in [3.05, 3.63) is 34.9 Å². The molecule has 0 saturated heterocycles. The lowest BCUT2D eigenvalue weighted by Crippen LogP contribution is -2.37. The van der Waals surface area contributed by atoms with Gasteiger partial charge in [-0.2, -0.15) is 0 Å². The molecule has 1 aliphatic rings. The monoisotopic (exact) mass is 295 g/mol. The molecule has 1 amide bonds. The van der Waals surface area contributed by atoms with Crippen LogP contribution >= 0.6 is 11.6 Å². The van der Waals surface area contributed by atoms with Crippen molar-refractivity contribution in [2.24, 2.45) is 11.8 Å². The highest BCUT2D eigenvalue weighted by Gasteiger charge is 2.30. The summed E-state index contributed by atoms with van der Waals surface area (Å²) in [6.45, 7) is 0.415. The van der Waals surface area contributed by atoms with Crippen LogP contribution in [0.4, 0.5) is 0 Å². The number of rotatable bonds is 4. The molecule has 108 valence electrons. The number of carbonyl (C=O) groups excluding carboxylic acids is 1. The summed E-state index contributed by atoms with van der Waals surface area (Å²) < 4.78 is 0. The van der Waals surface area contributed by atoms with Crippen LogP contribution < -0.4 is 5.32 Å². The topological polar surface area (TPSA) is 66.4 Å². The predicted octanol–water partition coefficient (Wildman–Crippen LogP) is 2.96. The number of hydrogen-bond donors (Lipinski definition) is 2. The fourth-order valence-corrected chi connectivity index (χ4v) is 2.83. The molecule has 2 atom stereocenters. The van der Waals surface area contributed by atoms with Gasteiger partial charge in [0.15, 0.2) is 0 Å². The molecule has 1 fully saturated rings. The van der Waals surface area contributed by atoms with Crippen molar-refractivity contribution in [2.75, 3.05) is 6.54 Å². The predicted molar refractivity (Wildman–Crippen MR) is 76.9 cm³/mol. The molecular weight excluding hydrogens is 278 g/mol. The molecule has 0 radical (unpaired) electrons. The van der Waals surface area contributed by atoms with Crippen LogP contribution in [0.25, 0.3) is 0 Å². The van der Waals surface area contributed by atoms with Crippen LogP contribution in [0.15, 0.2) is 24.3 Å². The first-order valence-electron chi connectivity index (χ1n) is 6.84. The Morgan fingerprint density at radius 3 is 2.50 bits per heavy atom. The second kappa shape index (κ2) is 6.75. The van der Waals surface area contributed by atoms with Crippen molar-refractivity contribution >= 4 is 23.5 Å². The molecule has 0 heterocycles. The minimum Gasteiger partial charge on any atom is -0.481 e. The van der Waals surface area contributed by atoms with Crippen molar-refractivity contribution in [1.29, 1.82) is 0 Å². The highest BCUT2D eigenvalue weighted by Crippen LogP contribution is 2.29. The molecule has 0 aromatic heterocycles. The summed E-state index contributed by atoms with van der Waals surface area (Å²) in [6, 6.07) is 6.65. The van der Waals surface area contributed by atoms with E-state index in [9.17, 15) is 14.7 Å². The molecule has 20 heavy (non-hydrogen) atoms. The zero-order valence-corrected chi connectivity index (χ0v) is 11.9. The van der Waals surface area contributed by atoms with Gasteiger partial charge in [-0.3, -0.25) is 9.59 Å². The number of carbonyl (C=O) groups is 2. The molecule has 1 aromatic rings. The van der Waals surface area contributed by atoms with Gasteiger partial charge in [0, 0.05) is 17.1 Å². The Kier molecular flexibility index (Phi) is 5.01. The molecule has 1 aromatic carbocycles. The summed E-state index contributed by atoms with van der Waals surface area (Å²) in [6.07, 6.45) is 3.55. The quantitative estimate of drug-likeness (QED) is 0.897. The minimum atomic E-state index is -0.754. The van der Waals surface area contributed by atoms with E-state index in [1.54, 1.807) is 24.3 Å². The number of benzene rings is 1. The Morgan fingerprint density at radius 2 is 1.85 bits per heavy atom. The molecule has 0 bridgehead atoms. The molecule has 2 N–H and O–H groups in total. The summed E-state index contributed by atoms with van der Waals surface area (Å²) in [5.41, 5.74) is 0.539. The van der Waals surface area contributed by atoms with Gasteiger partial charge in [-0.05, 0) is 43.0 Å². The van der Waals surface area contributed by atoms with Crippen molar-refractivity contribution in [3.63, 3.8) is 0 Å². The maximum absolute atomic E-state index is 12.0. The van der Waals surface area contributed by atoms with E-state index >= 15 is 0 Å². The highest BCUT2D eigenvalue weighted by molar-refractivity contribution is 6.30. The van der Waals surface area contributed by atoms with E-state index in [-0.39, 0.29) is 17.7 Å². The third-order valence-electron chi connectivity index (χ3n) is 3.86. The standard InChI is InChI=1S/C15H18ClNO3/c16-12-7-5-10(6-8-12)14(18)17-9-11-3-1-2-4-13(11)15(19)20/h5-8,11,13H,1-4,9H2,(H,17,18)(H,19,20)/t11-,13-/m0/s1. The lowest BCUT2D eigenvalue weighted by atomic mass is 9.79. The number of carboxylic acid groups (broad SMARTS) is 1. The first-order chi connectivity index (χ1) is 9.58. The van der Waals surface area contributed by atoms with Crippen LogP contribution in [-0.4, -0.2) is 23.5 Å². The summed E-state index contributed by atoms with van der Waals surface area (Å²) >= 11 is 5.77. The summed E-state index contributed by atoms with van der Waals surface area (Å²) in [5, 5.41) is 12.6. The first kappa shape index (κ1) is 14.9. The molecule has 1 aliphatic carbocycles. The smallest absolute Gasteiger partial charge is 0.306 e. The molecule has 0 unspecified atom stereocenters. The van der Waals surface area contributed by atoms with Crippen LogP contribution in [0, 0.1) is 11.8 Å². The average Bonchev–Trinajstić information content (AvgIpc) is 2.45. The Balaban J connectivity index is 1.91. The lowest BCUT2D eigenvalue weighted by Gasteiger charge is -2.28. The Labute approximate surface area is 123 Å². The fraction of sp³-hybridized carbons (Fsp3) is 0.467. The van der Waals surface area contributed by atoms with Crippen LogP contribution in [0.3, 0.4) is 0 Å². The minimum absolute atomic E-state index is 0.0255. The molecule has 5 heteroatoms. The Hall–Kier alpha value is -1.55. The lowest BCUT2D eigenvalue weighted by molar-refractivity contribution is -0.144. The normalized spacial score (nSPS) is 22.2.